The number of rotatable bonds is 7. The van der Waals surface area contributed by atoms with E-state index >= 15 is 0 Å². The minimum atomic E-state index is -0.404. The number of nitrogens with one attached hydrogen (secondary N) is 2. The lowest BCUT2D eigenvalue weighted by atomic mass is 10.0. The predicted molar refractivity (Wildman–Crippen MR) is 110 cm³/mol. The molecular weight excluding hydrogens is 352 g/mol. The first-order valence-electron chi connectivity index (χ1n) is 9.46. The Kier molecular flexibility index (Phi) is 6.63. The molecule has 3 aromatic rings. The molecule has 2 amide bonds. The standard InChI is InChI=1S/C23H24N2O3/c1-2-3-15-28-21-14-7-6-13-20(21)23(27)25-24-22(26)16-18-11-8-10-17-9-4-5-12-19(17)18/h4-14H,2-3,15-16H2,1H3,(H,24,26)(H,25,27). The van der Waals surface area contributed by atoms with E-state index in [0.717, 1.165) is 29.2 Å². The summed E-state index contributed by atoms with van der Waals surface area (Å²) in [7, 11) is 0. The van der Waals surface area contributed by atoms with E-state index in [1.807, 2.05) is 48.5 Å². The molecular formula is C23H24N2O3. The number of carbonyl (C=O) groups is 2. The van der Waals surface area contributed by atoms with Crippen LogP contribution in [0.1, 0.15) is 35.7 Å². The minimum Gasteiger partial charge on any atom is -0.493 e. The zero-order valence-corrected chi connectivity index (χ0v) is 15.9. The molecule has 0 aromatic heterocycles. The fourth-order valence-corrected chi connectivity index (χ4v) is 2.96. The molecule has 0 aliphatic carbocycles. The number of unbranched alkanes of at least 4 members (excludes halogenated alkanes) is 1. The topological polar surface area (TPSA) is 67.4 Å². The molecule has 5 heteroatoms. The maximum Gasteiger partial charge on any atom is 0.273 e. The molecule has 5 nitrogen and oxygen atoms in total. The van der Waals surface area contributed by atoms with Crippen molar-refractivity contribution in [1.29, 1.82) is 0 Å². The Hall–Kier alpha value is -3.34. The number of fused-ring (bicyclic) bond motifs is 1. The number of para-hydroxylation sites is 1. The maximum absolute atomic E-state index is 12.5. The van der Waals surface area contributed by atoms with Crippen molar-refractivity contribution in [2.45, 2.75) is 26.2 Å². The van der Waals surface area contributed by atoms with Gasteiger partial charge in [0.2, 0.25) is 5.91 Å². The second kappa shape index (κ2) is 9.55. The van der Waals surface area contributed by atoms with Gasteiger partial charge in [0.05, 0.1) is 18.6 Å². The molecule has 0 fully saturated rings. The number of amides is 2. The van der Waals surface area contributed by atoms with Crippen molar-refractivity contribution >= 4 is 22.6 Å². The predicted octanol–water partition coefficient (Wildman–Crippen LogP) is 4.02. The van der Waals surface area contributed by atoms with Crippen LogP contribution in [0.5, 0.6) is 5.75 Å². The minimum absolute atomic E-state index is 0.177. The molecule has 3 rings (SSSR count). The van der Waals surface area contributed by atoms with E-state index in [4.69, 9.17) is 4.74 Å². The molecule has 28 heavy (non-hydrogen) atoms. The fourth-order valence-electron chi connectivity index (χ4n) is 2.96. The summed E-state index contributed by atoms with van der Waals surface area (Å²) in [4.78, 5) is 24.8. The van der Waals surface area contributed by atoms with Gasteiger partial charge in [0.25, 0.3) is 5.91 Å². The van der Waals surface area contributed by atoms with Gasteiger partial charge in [-0.25, -0.2) is 0 Å². The van der Waals surface area contributed by atoms with Crippen molar-refractivity contribution in [2.75, 3.05) is 6.61 Å². The zero-order valence-electron chi connectivity index (χ0n) is 15.9. The Bertz CT molecular complexity index is 963. The Balaban J connectivity index is 1.61. The summed E-state index contributed by atoms with van der Waals surface area (Å²) in [6.45, 7) is 2.63. The number of hydrogen-bond donors (Lipinski definition) is 2. The molecule has 0 atom stereocenters. The van der Waals surface area contributed by atoms with Gasteiger partial charge in [0.1, 0.15) is 5.75 Å². The average molecular weight is 376 g/mol. The molecule has 0 saturated carbocycles. The van der Waals surface area contributed by atoms with Crippen LogP contribution in [0.3, 0.4) is 0 Å². The second-order valence-corrected chi connectivity index (χ2v) is 6.52. The van der Waals surface area contributed by atoms with Crippen molar-refractivity contribution in [3.05, 3.63) is 77.9 Å². The van der Waals surface area contributed by atoms with Crippen LogP contribution in [-0.2, 0) is 11.2 Å². The molecule has 2 N–H and O–H groups in total. The highest BCUT2D eigenvalue weighted by Crippen LogP contribution is 2.19. The third kappa shape index (κ3) is 4.88. The molecule has 3 aromatic carbocycles. The van der Waals surface area contributed by atoms with E-state index in [2.05, 4.69) is 17.8 Å². The number of hydrogen-bond acceptors (Lipinski definition) is 3. The lowest BCUT2D eigenvalue weighted by Crippen LogP contribution is -2.42. The van der Waals surface area contributed by atoms with Gasteiger partial charge in [-0.1, -0.05) is 67.9 Å². The van der Waals surface area contributed by atoms with Gasteiger partial charge < -0.3 is 4.74 Å². The maximum atomic E-state index is 12.5. The van der Waals surface area contributed by atoms with Crippen LogP contribution in [-0.4, -0.2) is 18.4 Å². The van der Waals surface area contributed by atoms with Crippen LogP contribution in [0, 0.1) is 0 Å². The molecule has 0 aliphatic rings. The molecule has 0 radical (unpaired) electrons. The summed E-state index contributed by atoms with van der Waals surface area (Å²) in [5.41, 5.74) is 6.28. The Morgan fingerprint density at radius 3 is 2.50 bits per heavy atom. The van der Waals surface area contributed by atoms with Crippen molar-refractivity contribution in [3.63, 3.8) is 0 Å². The average Bonchev–Trinajstić information content (AvgIpc) is 2.73. The quantitative estimate of drug-likeness (QED) is 0.483. The first-order chi connectivity index (χ1) is 13.7. The Morgan fingerprint density at radius 1 is 0.893 bits per heavy atom. The van der Waals surface area contributed by atoms with Crippen LogP contribution in [0.4, 0.5) is 0 Å². The SMILES string of the molecule is CCCCOc1ccccc1C(=O)NNC(=O)Cc1cccc2ccccc12. The first kappa shape index (κ1) is 19.4. The number of carbonyl (C=O) groups excluding carboxylic acids is 2. The highest BCUT2D eigenvalue weighted by Gasteiger charge is 2.13. The van der Waals surface area contributed by atoms with Crippen LogP contribution in [0.2, 0.25) is 0 Å². The van der Waals surface area contributed by atoms with Gasteiger partial charge >= 0.3 is 0 Å². The van der Waals surface area contributed by atoms with E-state index in [1.165, 1.54) is 0 Å². The van der Waals surface area contributed by atoms with Gasteiger partial charge in [-0.05, 0) is 34.9 Å². The highest BCUT2D eigenvalue weighted by molar-refractivity contribution is 5.98. The van der Waals surface area contributed by atoms with Crippen molar-refractivity contribution in [2.24, 2.45) is 0 Å². The summed E-state index contributed by atoms with van der Waals surface area (Å²) in [6, 6.07) is 20.8. The van der Waals surface area contributed by atoms with Gasteiger partial charge in [-0.15, -0.1) is 0 Å². The lowest BCUT2D eigenvalue weighted by Gasteiger charge is -2.12. The van der Waals surface area contributed by atoms with Crippen molar-refractivity contribution < 1.29 is 14.3 Å². The summed E-state index contributed by atoms with van der Waals surface area (Å²) >= 11 is 0. The van der Waals surface area contributed by atoms with E-state index in [9.17, 15) is 9.59 Å². The Morgan fingerprint density at radius 2 is 1.64 bits per heavy atom. The summed E-state index contributed by atoms with van der Waals surface area (Å²) in [5.74, 6) is -0.177. The molecule has 144 valence electrons. The summed E-state index contributed by atoms with van der Waals surface area (Å²) < 4.78 is 5.68. The lowest BCUT2D eigenvalue weighted by molar-refractivity contribution is -0.121. The van der Waals surface area contributed by atoms with Crippen LogP contribution in [0.15, 0.2) is 66.7 Å². The van der Waals surface area contributed by atoms with Gasteiger partial charge in [-0.2, -0.15) is 0 Å². The molecule has 0 bridgehead atoms. The van der Waals surface area contributed by atoms with Crippen LogP contribution in [0.25, 0.3) is 10.8 Å². The number of ether oxygens (including phenoxy) is 1. The molecule has 0 spiro atoms. The van der Waals surface area contributed by atoms with Crippen molar-refractivity contribution in [3.8, 4) is 5.75 Å². The van der Waals surface area contributed by atoms with E-state index < -0.39 is 5.91 Å². The molecule has 0 aliphatic heterocycles. The smallest absolute Gasteiger partial charge is 0.273 e. The number of benzene rings is 3. The molecule has 0 heterocycles. The summed E-state index contributed by atoms with van der Waals surface area (Å²) in [5, 5.41) is 2.11. The fraction of sp³-hybridized carbons (Fsp3) is 0.217. The summed E-state index contributed by atoms with van der Waals surface area (Å²) in [6.07, 6.45) is 2.10. The third-order valence-electron chi connectivity index (χ3n) is 4.43. The Labute approximate surface area is 164 Å². The third-order valence-corrected chi connectivity index (χ3v) is 4.43. The first-order valence-corrected chi connectivity index (χ1v) is 9.46. The van der Waals surface area contributed by atoms with Crippen LogP contribution < -0.4 is 15.6 Å². The van der Waals surface area contributed by atoms with Gasteiger partial charge in [0.15, 0.2) is 0 Å². The normalized spacial score (nSPS) is 10.5. The molecule has 0 unspecified atom stereocenters. The van der Waals surface area contributed by atoms with E-state index in [1.54, 1.807) is 18.2 Å². The second-order valence-electron chi connectivity index (χ2n) is 6.52. The van der Waals surface area contributed by atoms with Crippen LogP contribution >= 0.6 is 0 Å². The van der Waals surface area contributed by atoms with Crippen molar-refractivity contribution in [1.82, 2.24) is 10.9 Å². The number of hydrazine groups is 1. The van der Waals surface area contributed by atoms with E-state index in [-0.39, 0.29) is 12.3 Å². The van der Waals surface area contributed by atoms with Gasteiger partial charge in [0, 0.05) is 0 Å². The monoisotopic (exact) mass is 376 g/mol. The van der Waals surface area contributed by atoms with Gasteiger partial charge in [-0.3, -0.25) is 20.4 Å². The highest BCUT2D eigenvalue weighted by atomic mass is 16.5. The largest absolute Gasteiger partial charge is 0.493 e. The zero-order chi connectivity index (χ0) is 19.8. The van der Waals surface area contributed by atoms with E-state index in [0.29, 0.717) is 17.9 Å². The molecule has 0 saturated heterocycles.